The van der Waals surface area contributed by atoms with Crippen molar-refractivity contribution >= 4 is 5.78 Å². The first-order valence-corrected chi connectivity index (χ1v) is 6.17. The van der Waals surface area contributed by atoms with Crippen LogP contribution in [-0.4, -0.2) is 12.3 Å². The second-order valence-corrected chi connectivity index (χ2v) is 4.40. The first-order chi connectivity index (χ1) is 7.83. The number of ketones is 1. The van der Waals surface area contributed by atoms with E-state index in [2.05, 4.69) is 18.3 Å². The summed E-state index contributed by atoms with van der Waals surface area (Å²) in [5, 5.41) is 3.34. The standard InChI is InChI=1S/C14H19NO/c1-2-3-7-14(16)13-6-4-5-11-10-15-9-8-12(11)13/h4-6,15H,2-3,7-10H2,1H3. The van der Waals surface area contributed by atoms with E-state index in [1.807, 2.05) is 12.1 Å². The van der Waals surface area contributed by atoms with Crippen molar-refractivity contribution in [2.45, 2.75) is 39.2 Å². The van der Waals surface area contributed by atoms with E-state index < -0.39 is 0 Å². The zero-order valence-electron chi connectivity index (χ0n) is 9.88. The van der Waals surface area contributed by atoms with Crippen LogP contribution in [0.25, 0.3) is 0 Å². The fourth-order valence-corrected chi connectivity index (χ4v) is 2.27. The van der Waals surface area contributed by atoms with Crippen LogP contribution in [0.4, 0.5) is 0 Å². The zero-order valence-corrected chi connectivity index (χ0v) is 9.88. The molecule has 0 saturated carbocycles. The van der Waals surface area contributed by atoms with Gasteiger partial charge in [0.25, 0.3) is 0 Å². The lowest BCUT2D eigenvalue weighted by molar-refractivity contribution is 0.0978. The molecule has 0 unspecified atom stereocenters. The lowest BCUT2D eigenvalue weighted by Gasteiger charge is -2.19. The molecule has 0 spiro atoms. The first kappa shape index (κ1) is 11.3. The smallest absolute Gasteiger partial charge is 0.163 e. The molecule has 0 atom stereocenters. The average molecular weight is 217 g/mol. The minimum Gasteiger partial charge on any atom is -0.312 e. The van der Waals surface area contributed by atoms with Crippen LogP contribution < -0.4 is 5.32 Å². The maximum absolute atomic E-state index is 12.1. The van der Waals surface area contributed by atoms with Crippen LogP contribution in [0.2, 0.25) is 0 Å². The zero-order chi connectivity index (χ0) is 11.4. The molecule has 1 aromatic carbocycles. The number of rotatable bonds is 4. The molecule has 0 aromatic heterocycles. The predicted molar refractivity (Wildman–Crippen MR) is 65.7 cm³/mol. The van der Waals surface area contributed by atoms with E-state index in [1.165, 1.54) is 11.1 Å². The molecule has 2 nitrogen and oxygen atoms in total. The highest BCUT2D eigenvalue weighted by atomic mass is 16.1. The lowest BCUT2D eigenvalue weighted by Crippen LogP contribution is -2.25. The molecule has 0 saturated heterocycles. The SMILES string of the molecule is CCCCC(=O)c1cccc2c1CCNC2. The van der Waals surface area contributed by atoms with Gasteiger partial charge in [-0.2, -0.15) is 0 Å². The highest BCUT2D eigenvalue weighted by molar-refractivity contribution is 5.97. The maximum Gasteiger partial charge on any atom is 0.163 e. The third kappa shape index (κ3) is 2.33. The summed E-state index contributed by atoms with van der Waals surface area (Å²) in [5.41, 5.74) is 3.54. The molecule has 2 rings (SSSR count). The van der Waals surface area contributed by atoms with E-state index in [4.69, 9.17) is 0 Å². The van der Waals surface area contributed by atoms with Crippen LogP contribution >= 0.6 is 0 Å². The summed E-state index contributed by atoms with van der Waals surface area (Å²) in [4.78, 5) is 12.1. The molecule has 1 aliphatic rings. The minimum absolute atomic E-state index is 0.320. The Hall–Kier alpha value is -1.15. The number of carbonyl (C=O) groups excluding carboxylic acids is 1. The van der Waals surface area contributed by atoms with Crippen molar-refractivity contribution in [2.24, 2.45) is 0 Å². The second-order valence-electron chi connectivity index (χ2n) is 4.40. The molecule has 1 aromatic rings. The van der Waals surface area contributed by atoms with Crippen molar-refractivity contribution in [3.8, 4) is 0 Å². The quantitative estimate of drug-likeness (QED) is 0.786. The maximum atomic E-state index is 12.1. The van der Waals surface area contributed by atoms with Gasteiger partial charge in [-0.3, -0.25) is 4.79 Å². The number of carbonyl (C=O) groups is 1. The van der Waals surface area contributed by atoms with Crippen molar-refractivity contribution < 1.29 is 4.79 Å². The highest BCUT2D eigenvalue weighted by Crippen LogP contribution is 2.20. The van der Waals surface area contributed by atoms with E-state index >= 15 is 0 Å². The monoisotopic (exact) mass is 217 g/mol. The van der Waals surface area contributed by atoms with E-state index in [9.17, 15) is 4.79 Å². The summed E-state index contributed by atoms with van der Waals surface area (Å²) in [5.74, 6) is 0.320. The molecule has 0 fully saturated rings. The average Bonchev–Trinajstić information content (AvgIpc) is 2.35. The van der Waals surface area contributed by atoms with Gasteiger partial charge in [-0.25, -0.2) is 0 Å². The Morgan fingerprint density at radius 3 is 3.12 bits per heavy atom. The van der Waals surface area contributed by atoms with Gasteiger partial charge in [0.1, 0.15) is 0 Å². The predicted octanol–water partition coefficient (Wildman–Crippen LogP) is 2.71. The molecular formula is C14H19NO. The molecule has 16 heavy (non-hydrogen) atoms. The van der Waals surface area contributed by atoms with Crippen LogP contribution in [-0.2, 0) is 13.0 Å². The number of Topliss-reactive ketones (excluding diaryl/α,β-unsaturated/α-hetero) is 1. The largest absolute Gasteiger partial charge is 0.312 e. The number of hydrogen-bond donors (Lipinski definition) is 1. The van der Waals surface area contributed by atoms with E-state index in [0.717, 1.165) is 37.9 Å². The molecule has 0 amide bonds. The van der Waals surface area contributed by atoms with Gasteiger partial charge < -0.3 is 5.32 Å². The van der Waals surface area contributed by atoms with Crippen molar-refractivity contribution in [3.05, 3.63) is 34.9 Å². The molecule has 1 heterocycles. The number of fused-ring (bicyclic) bond motifs is 1. The number of hydrogen-bond acceptors (Lipinski definition) is 2. The Labute approximate surface area is 97.1 Å². The summed E-state index contributed by atoms with van der Waals surface area (Å²) < 4.78 is 0. The van der Waals surface area contributed by atoms with Gasteiger partial charge in [-0.05, 0) is 30.5 Å². The van der Waals surface area contributed by atoms with Crippen LogP contribution in [0.15, 0.2) is 18.2 Å². The van der Waals surface area contributed by atoms with Gasteiger partial charge >= 0.3 is 0 Å². The van der Waals surface area contributed by atoms with Crippen molar-refractivity contribution in [1.82, 2.24) is 5.32 Å². The summed E-state index contributed by atoms with van der Waals surface area (Å²) >= 11 is 0. The van der Waals surface area contributed by atoms with Crippen LogP contribution in [0.1, 0.15) is 47.7 Å². The summed E-state index contributed by atoms with van der Waals surface area (Å²) in [6, 6.07) is 6.12. The van der Waals surface area contributed by atoms with Crippen molar-refractivity contribution in [1.29, 1.82) is 0 Å². The van der Waals surface area contributed by atoms with Crippen LogP contribution in [0.3, 0.4) is 0 Å². The fraction of sp³-hybridized carbons (Fsp3) is 0.500. The second kappa shape index (κ2) is 5.26. The van der Waals surface area contributed by atoms with Gasteiger partial charge in [0.05, 0.1) is 0 Å². The van der Waals surface area contributed by atoms with Crippen LogP contribution in [0.5, 0.6) is 0 Å². The minimum atomic E-state index is 0.320. The van der Waals surface area contributed by atoms with Gasteiger partial charge in [-0.1, -0.05) is 31.5 Å². The van der Waals surface area contributed by atoms with Gasteiger partial charge in [0, 0.05) is 18.5 Å². The third-order valence-electron chi connectivity index (χ3n) is 3.20. The van der Waals surface area contributed by atoms with Crippen molar-refractivity contribution in [2.75, 3.05) is 6.54 Å². The van der Waals surface area contributed by atoms with Crippen LogP contribution in [0, 0.1) is 0 Å². The number of unbranched alkanes of at least 4 members (excludes halogenated alkanes) is 1. The van der Waals surface area contributed by atoms with E-state index in [0.29, 0.717) is 12.2 Å². The molecule has 0 bridgehead atoms. The molecule has 86 valence electrons. The van der Waals surface area contributed by atoms with Gasteiger partial charge in [0.2, 0.25) is 0 Å². The summed E-state index contributed by atoms with van der Waals surface area (Å²) in [6.45, 7) is 4.02. The Balaban J connectivity index is 2.23. The molecule has 0 aliphatic carbocycles. The molecular weight excluding hydrogens is 198 g/mol. The molecule has 1 aliphatic heterocycles. The lowest BCUT2D eigenvalue weighted by atomic mass is 9.92. The topological polar surface area (TPSA) is 29.1 Å². The first-order valence-electron chi connectivity index (χ1n) is 6.17. The van der Waals surface area contributed by atoms with Gasteiger partial charge in [0.15, 0.2) is 5.78 Å². The van der Waals surface area contributed by atoms with E-state index in [1.54, 1.807) is 0 Å². The Morgan fingerprint density at radius 2 is 2.31 bits per heavy atom. The highest BCUT2D eigenvalue weighted by Gasteiger charge is 2.16. The fourth-order valence-electron chi connectivity index (χ4n) is 2.27. The number of benzene rings is 1. The summed E-state index contributed by atoms with van der Waals surface area (Å²) in [6.07, 6.45) is 3.77. The normalized spacial score (nSPS) is 14.6. The third-order valence-corrected chi connectivity index (χ3v) is 3.20. The Bertz CT molecular complexity index is 384. The number of nitrogens with one attached hydrogen (secondary N) is 1. The molecule has 2 heteroatoms. The van der Waals surface area contributed by atoms with E-state index in [-0.39, 0.29) is 0 Å². The van der Waals surface area contributed by atoms with Gasteiger partial charge in [-0.15, -0.1) is 0 Å². The Kier molecular flexibility index (Phi) is 3.73. The molecule has 0 radical (unpaired) electrons. The molecule has 1 N–H and O–H groups in total. The van der Waals surface area contributed by atoms with Crippen molar-refractivity contribution in [3.63, 3.8) is 0 Å². The summed E-state index contributed by atoms with van der Waals surface area (Å²) in [7, 11) is 0. The Morgan fingerprint density at radius 1 is 1.44 bits per heavy atom.